The third-order valence-electron chi connectivity index (χ3n) is 3.61. The zero-order valence-corrected chi connectivity index (χ0v) is 12.0. The minimum Gasteiger partial charge on any atom is -0.497 e. The first-order valence-electron chi connectivity index (χ1n) is 6.94. The fraction of sp³-hybridized carbons (Fsp3) is 0.500. The molecular formula is C16H23NO2. The smallest absolute Gasteiger partial charge is 0.127 e. The van der Waals surface area contributed by atoms with Gasteiger partial charge in [0.1, 0.15) is 11.5 Å². The summed E-state index contributed by atoms with van der Waals surface area (Å²) in [6, 6.07) is 6.31. The van der Waals surface area contributed by atoms with E-state index in [-0.39, 0.29) is 6.04 Å². The predicted molar refractivity (Wildman–Crippen MR) is 77.9 cm³/mol. The molecule has 1 atom stereocenters. The van der Waals surface area contributed by atoms with Gasteiger partial charge in [-0.25, -0.2) is 0 Å². The molecule has 1 N–H and O–H groups in total. The first-order valence-corrected chi connectivity index (χ1v) is 6.94. The van der Waals surface area contributed by atoms with Crippen LogP contribution < -0.4 is 14.8 Å². The van der Waals surface area contributed by atoms with Gasteiger partial charge in [0.25, 0.3) is 0 Å². The summed E-state index contributed by atoms with van der Waals surface area (Å²) in [7, 11) is 3.39. The molecule has 0 aliphatic heterocycles. The van der Waals surface area contributed by atoms with Gasteiger partial charge in [-0.1, -0.05) is 18.6 Å². The van der Waals surface area contributed by atoms with Crippen molar-refractivity contribution < 1.29 is 9.47 Å². The van der Waals surface area contributed by atoms with Crippen molar-refractivity contribution in [1.29, 1.82) is 0 Å². The molecule has 0 spiro atoms. The second kappa shape index (κ2) is 6.62. The molecule has 0 fully saturated rings. The standard InChI is InChI=1S/C16H23NO2/c1-4-17-16(12-7-5-6-8-12)14-10-9-13(18-2)11-15(14)19-3/h7,9-11,16-17H,4-6,8H2,1-3H3. The molecule has 19 heavy (non-hydrogen) atoms. The number of methoxy groups -OCH3 is 2. The molecule has 2 rings (SSSR count). The Balaban J connectivity index is 2.35. The van der Waals surface area contributed by atoms with E-state index < -0.39 is 0 Å². The molecule has 1 aliphatic rings. The average Bonchev–Trinajstić information content (AvgIpc) is 2.98. The van der Waals surface area contributed by atoms with Gasteiger partial charge in [0.05, 0.1) is 20.3 Å². The molecule has 0 bridgehead atoms. The SMILES string of the molecule is CCNC(C1=CCCC1)c1ccc(OC)cc1OC. The summed E-state index contributed by atoms with van der Waals surface area (Å²) >= 11 is 0. The molecule has 1 aromatic rings. The number of allylic oxidation sites excluding steroid dienone is 1. The van der Waals surface area contributed by atoms with E-state index in [9.17, 15) is 0 Å². The van der Waals surface area contributed by atoms with Crippen molar-refractivity contribution in [3.63, 3.8) is 0 Å². The topological polar surface area (TPSA) is 30.5 Å². The van der Waals surface area contributed by atoms with Crippen LogP contribution in [-0.2, 0) is 0 Å². The minimum absolute atomic E-state index is 0.258. The summed E-state index contributed by atoms with van der Waals surface area (Å²) in [5, 5.41) is 3.56. The van der Waals surface area contributed by atoms with E-state index in [1.165, 1.54) is 30.4 Å². The van der Waals surface area contributed by atoms with Crippen LogP contribution in [0.2, 0.25) is 0 Å². The van der Waals surface area contributed by atoms with Crippen LogP contribution in [0.25, 0.3) is 0 Å². The Kier molecular flexibility index (Phi) is 4.86. The van der Waals surface area contributed by atoms with Crippen LogP contribution in [0.1, 0.15) is 37.8 Å². The Morgan fingerprint density at radius 3 is 2.68 bits per heavy atom. The van der Waals surface area contributed by atoms with E-state index in [4.69, 9.17) is 9.47 Å². The van der Waals surface area contributed by atoms with E-state index in [1.807, 2.05) is 12.1 Å². The third-order valence-corrected chi connectivity index (χ3v) is 3.61. The Bertz CT molecular complexity index is 454. The van der Waals surface area contributed by atoms with Crippen LogP contribution in [-0.4, -0.2) is 20.8 Å². The molecule has 104 valence electrons. The Morgan fingerprint density at radius 1 is 1.26 bits per heavy atom. The normalized spacial score (nSPS) is 16.1. The first kappa shape index (κ1) is 13.9. The van der Waals surface area contributed by atoms with Crippen molar-refractivity contribution in [2.24, 2.45) is 0 Å². The summed E-state index contributed by atoms with van der Waals surface area (Å²) in [4.78, 5) is 0. The summed E-state index contributed by atoms with van der Waals surface area (Å²) in [5.41, 5.74) is 2.67. The molecule has 0 aromatic heterocycles. The Hall–Kier alpha value is -1.48. The maximum absolute atomic E-state index is 5.53. The highest BCUT2D eigenvalue weighted by atomic mass is 16.5. The maximum atomic E-state index is 5.53. The van der Waals surface area contributed by atoms with Gasteiger partial charge in [-0.2, -0.15) is 0 Å². The van der Waals surface area contributed by atoms with Gasteiger partial charge in [0.2, 0.25) is 0 Å². The molecule has 0 amide bonds. The Morgan fingerprint density at radius 2 is 2.11 bits per heavy atom. The maximum Gasteiger partial charge on any atom is 0.127 e. The lowest BCUT2D eigenvalue weighted by molar-refractivity contribution is 0.387. The van der Waals surface area contributed by atoms with E-state index in [0.29, 0.717) is 0 Å². The predicted octanol–water partition coefficient (Wildman–Crippen LogP) is 3.46. The lowest BCUT2D eigenvalue weighted by atomic mass is 9.97. The molecule has 3 heteroatoms. The number of ether oxygens (including phenoxy) is 2. The number of benzene rings is 1. The second-order valence-electron chi connectivity index (χ2n) is 4.77. The summed E-state index contributed by atoms with van der Waals surface area (Å²) in [6.07, 6.45) is 5.98. The third kappa shape index (κ3) is 3.10. The van der Waals surface area contributed by atoms with Gasteiger partial charge >= 0.3 is 0 Å². The molecule has 1 aromatic carbocycles. The quantitative estimate of drug-likeness (QED) is 0.795. The lowest BCUT2D eigenvalue weighted by Gasteiger charge is -2.22. The van der Waals surface area contributed by atoms with E-state index in [0.717, 1.165) is 18.0 Å². The van der Waals surface area contributed by atoms with Gasteiger partial charge in [0, 0.05) is 11.6 Å². The highest BCUT2D eigenvalue weighted by molar-refractivity contribution is 5.45. The van der Waals surface area contributed by atoms with Crippen LogP contribution in [0, 0.1) is 0 Å². The van der Waals surface area contributed by atoms with Crippen LogP contribution in [0.15, 0.2) is 29.8 Å². The van der Waals surface area contributed by atoms with Crippen molar-refractivity contribution in [3.8, 4) is 11.5 Å². The van der Waals surface area contributed by atoms with Crippen LogP contribution in [0.5, 0.6) is 11.5 Å². The van der Waals surface area contributed by atoms with Gasteiger partial charge in [0.15, 0.2) is 0 Å². The van der Waals surface area contributed by atoms with E-state index in [2.05, 4.69) is 24.4 Å². The molecule has 1 unspecified atom stereocenters. The van der Waals surface area contributed by atoms with E-state index in [1.54, 1.807) is 14.2 Å². The molecule has 1 aliphatic carbocycles. The van der Waals surface area contributed by atoms with Crippen molar-refractivity contribution in [3.05, 3.63) is 35.4 Å². The number of likely N-dealkylation sites (N-methyl/N-ethyl adjacent to an activating group) is 1. The zero-order valence-electron chi connectivity index (χ0n) is 12.0. The number of nitrogens with one attached hydrogen (secondary N) is 1. The van der Waals surface area contributed by atoms with E-state index >= 15 is 0 Å². The van der Waals surface area contributed by atoms with Crippen LogP contribution in [0.3, 0.4) is 0 Å². The van der Waals surface area contributed by atoms with Crippen LogP contribution in [0.4, 0.5) is 0 Å². The summed E-state index contributed by atoms with van der Waals surface area (Å²) in [6.45, 7) is 3.08. The van der Waals surface area contributed by atoms with Gasteiger partial charge in [-0.3, -0.25) is 0 Å². The van der Waals surface area contributed by atoms with Gasteiger partial charge in [-0.05, 0) is 37.9 Å². The number of hydrogen-bond donors (Lipinski definition) is 1. The Labute approximate surface area is 115 Å². The second-order valence-corrected chi connectivity index (χ2v) is 4.77. The van der Waals surface area contributed by atoms with Gasteiger partial charge < -0.3 is 14.8 Å². The summed E-state index contributed by atoms with van der Waals surface area (Å²) in [5.74, 6) is 1.72. The fourth-order valence-corrected chi connectivity index (χ4v) is 2.66. The van der Waals surface area contributed by atoms with Crippen molar-refractivity contribution in [1.82, 2.24) is 5.32 Å². The van der Waals surface area contributed by atoms with Crippen molar-refractivity contribution in [2.75, 3.05) is 20.8 Å². The van der Waals surface area contributed by atoms with Crippen molar-refractivity contribution >= 4 is 0 Å². The largest absolute Gasteiger partial charge is 0.497 e. The highest BCUT2D eigenvalue weighted by Crippen LogP contribution is 2.36. The number of hydrogen-bond acceptors (Lipinski definition) is 3. The molecule has 3 nitrogen and oxygen atoms in total. The zero-order chi connectivity index (χ0) is 13.7. The molecular weight excluding hydrogens is 238 g/mol. The first-order chi connectivity index (χ1) is 9.30. The van der Waals surface area contributed by atoms with Crippen LogP contribution >= 0.6 is 0 Å². The molecule has 0 radical (unpaired) electrons. The number of rotatable bonds is 6. The molecule has 0 heterocycles. The monoisotopic (exact) mass is 261 g/mol. The summed E-state index contributed by atoms with van der Waals surface area (Å²) < 4.78 is 10.8. The minimum atomic E-state index is 0.258. The van der Waals surface area contributed by atoms with Gasteiger partial charge in [-0.15, -0.1) is 0 Å². The lowest BCUT2D eigenvalue weighted by Crippen LogP contribution is -2.22. The average molecular weight is 261 g/mol. The molecule has 0 saturated heterocycles. The fourth-order valence-electron chi connectivity index (χ4n) is 2.66. The van der Waals surface area contributed by atoms with Crippen molar-refractivity contribution in [2.45, 2.75) is 32.2 Å². The highest BCUT2D eigenvalue weighted by Gasteiger charge is 2.21. The molecule has 0 saturated carbocycles.